The quantitative estimate of drug-likeness (QED) is 0.716. The first-order valence-corrected chi connectivity index (χ1v) is 11.1. The molecule has 0 radical (unpaired) electrons. The number of aromatic nitrogens is 1. The fourth-order valence-corrected chi connectivity index (χ4v) is 4.79. The van der Waals surface area contributed by atoms with E-state index in [2.05, 4.69) is 9.88 Å². The predicted molar refractivity (Wildman–Crippen MR) is 109 cm³/mol. The number of sulfonamides is 1. The molecule has 1 saturated heterocycles. The minimum Gasteiger partial charge on any atom is -0.357 e. The maximum Gasteiger partial charge on any atom is 0.255 e. The van der Waals surface area contributed by atoms with Gasteiger partial charge >= 0.3 is 0 Å². The van der Waals surface area contributed by atoms with Crippen LogP contribution in [0, 0.1) is 5.82 Å². The lowest BCUT2D eigenvalue weighted by molar-refractivity contribution is 0.0697. The molecule has 2 aromatic rings. The minimum atomic E-state index is -3.78. The molecule has 1 aromatic carbocycles. The van der Waals surface area contributed by atoms with E-state index in [9.17, 15) is 17.6 Å². The Hall–Kier alpha value is -2.52. The molecule has 9 heteroatoms. The van der Waals surface area contributed by atoms with Crippen LogP contribution in [0.5, 0.6) is 0 Å². The van der Waals surface area contributed by atoms with Crippen molar-refractivity contribution in [1.29, 1.82) is 0 Å². The highest BCUT2D eigenvalue weighted by atomic mass is 32.2. The molecule has 0 bridgehead atoms. The summed E-state index contributed by atoms with van der Waals surface area (Å²) in [5.74, 6) is 0.0458. The summed E-state index contributed by atoms with van der Waals surface area (Å²) in [6, 6.07) is 8.53. The van der Waals surface area contributed by atoms with Crippen LogP contribution in [0.4, 0.5) is 10.2 Å². The fourth-order valence-electron chi connectivity index (χ4n) is 3.34. The zero-order valence-corrected chi connectivity index (χ0v) is 17.4. The van der Waals surface area contributed by atoms with Gasteiger partial charge in [0.2, 0.25) is 10.0 Å². The molecular weight excluding hydrogens is 395 g/mol. The second-order valence-corrected chi connectivity index (χ2v) is 8.67. The van der Waals surface area contributed by atoms with E-state index in [1.807, 2.05) is 19.9 Å². The highest BCUT2D eigenvalue weighted by Crippen LogP contribution is 2.19. The number of anilines is 1. The van der Waals surface area contributed by atoms with Crippen LogP contribution in [0.15, 0.2) is 47.5 Å². The van der Waals surface area contributed by atoms with Gasteiger partial charge in [-0.25, -0.2) is 17.8 Å². The van der Waals surface area contributed by atoms with Crippen molar-refractivity contribution in [2.24, 2.45) is 0 Å². The van der Waals surface area contributed by atoms with Gasteiger partial charge in [-0.3, -0.25) is 4.79 Å². The van der Waals surface area contributed by atoms with Gasteiger partial charge in [0.15, 0.2) is 0 Å². The van der Waals surface area contributed by atoms with Gasteiger partial charge < -0.3 is 9.80 Å². The normalized spacial score (nSPS) is 15.3. The monoisotopic (exact) mass is 420 g/mol. The molecule has 2 heterocycles. The first kappa shape index (κ1) is 21.2. The van der Waals surface area contributed by atoms with E-state index < -0.39 is 15.8 Å². The topological polar surface area (TPSA) is 73.8 Å². The van der Waals surface area contributed by atoms with Gasteiger partial charge in [-0.15, -0.1) is 0 Å². The Morgan fingerprint density at radius 3 is 2.34 bits per heavy atom. The number of carbonyl (C=O) groups is 1. The largest absolute Gasteiger partial charge is 0.357 e. The van der Waals surface area contributed by atoms with Gasteiger partial charge in [-0.1, -0.05) is 6.07 Å². The molecule has 29 heavy (non-hydrogen) atoms. The number of nitrogens with zero attached hydrogens (tertiary/aromatic N) is 4. The smallest absolute Gasteiger partial charge is 0.255 e. The number of hydrogen-bond donors (Lipinski definition) is 0. The van der Waals surface area contributed by atoms with E-state index in [1.54, 1.807) is 17.2 Å². The highest BCUT2D eigenvalue weighted by Gasteiger charge is 2.30. The summed E-state index contributed by atoms with van der Waals surface area (Å²) in [5, 5.41) is 0. The fraction of sp³-hybridized carbons (Fsp3) is 0.400. The van der Waals surface area contributed by atoms with E-state index in [0.717, 1.165) is 25.0 Å². The summed E-state index contributed by atoms with van der Waals surface area (Å²) in [4.78, 5) is 20.7. The van der Waals surface area contributed by atoms with Gasteiger partial charge in [-0.2, -0.15) is 4.31 Å². The molecule has 7 nitrogen and oxygen atoms in total. The Morgan fingerprint density at radius 1 is 1.10 bits per heavy atom. The van der Waals surface area contributed by atoms with Crippen LogP contribution >= 0.6 is 0 Å². The van der Waals surface area contributed by atoms with Crippen molar-refractivity contribution in [2.75, 3.05) is 44.2 Å². The third-order valence-electron chi connectivity index (χ3n) is 5.04. The summed E-state index contributed by atoms with van der Waals surface area (Å²) in [7, 11) is -3.78. The SMILES string of the molecule is CCN(CC)c1ccc(C(=O)N2CCN(S(=O)(=O)c3cccc(F)c3)CC2)cn1. The van der Waals surface area contributed by atoms with Crippen LogP contribution in [-0.4, -0.2) is 67.8 Å². The molecule has 3 rings (SSSR count). The number of benzene rings is 1. The maximum atomic E-state index is 13.4. The molecule has 0 spiro atoms. The Kier molecular flexibility index (Phi) is 6.49. The van der Waals surface area contributed by atoms with Crippen LogP contribution in [0.1, 0.15) is 24.2 Å². The van der Waals surface area contributed by atoms with Crippen molar-refractivity contribution < 1.29 is 17.6 Å². The Bertz CT molecular complexity index is 954. The lowest BCUT2D eigenvalue weighted by Gasteiger charge is -2.34. The average molecular weight is 421 g/mol. The second kappa shape index (κ2) is 8.87. The van der Waals surface area contributed by atoms with Crippen LogP contribution < -0.4 is 4.90 Å². The number of pyridine rings is 1. The molecule has 1 aliphatic rings. The van der Waals surface area contributed by atoms with E-state index >= 15 is 0 Å². The lowest BCUT2D eigenvalue weighted by atomic mass is 10.2. The van der Waals surface area contributed by atoms with Crippen molar-refractivity contribution in [3.05, 3.63) is 54.0 Å². The van der Waals surface area contributed by atoms with Gasteiger partial charge in [0.1, 0.15) is 11.6 Å². The molecule has 1 fully saturated rings. The predicted octanol–water partition coefficient (Wildman–Crippen LogP) is 2.21. The molecule has 156 valence electrons. The third-order valence-corrected chi connectivity index (χ3v) is 6.94. The summed E-state index contributed by atoms with van der Waals surface area (Å²) in [6.45, 7) is 6.61. The van der Waals surface area contributed by atoms with Gasteiger partial charge in [0, 0.05) is 45.5 Å². The van der Waals surface area contributed by atoms with E-state index in [4.69, 9.17) is 0 Å². The summed E-state index contributed by atoms with van der Waals surface area (Å²) >= 11 is 0. The van der Waals surface area contributed by atoms with Crippen LogP contribution in [-0.2, 0) is 10.0 Å². The van der Waals surface area contributed by atoms with Crippen molar-refractivity contribution in [3.8, 4) is 0 Å². The Labute approximate surface area is 170 Å². The van der Waals surface area contributed by atoms with Crippen LogP contribution in [0.25, 0.3) is 0 Å². The number of piperazine rings is 1. The van der Waals surface area contributed by atoms with Crippen molar-refractivity contribution in [3.63, 3.8) is 0 Å². The molecule has 0 unspecified atom stereocenters. The Balaban J connectivity index is 1.65. The van der Waals surface area contributed by atoms with Crippen molar-refractivity contribution in [1.82, 2.24) is 14.2 Å². The summed E-state index contributed by atoms with van der Waals surface area (Å²) in [5.41, 5.74) is 0.474. The molecule has 0 saturated carbocycles. The highest BCUT2D eigenvalue weighted by molar-refractivity contribution is 7.89. The molecule has 0 N–H and O–H groups in total. The maximum absolute atomic E-state index is 13.4. The van der Waals surface area contributed by atoms with E-state index in [1.165, 1.54) is 22.5 Å². The number of halogens is 1. The van der Waals surface area contributed by atoms with Crippen LogP contribution in [0.3, 0.4) is 0 Å². The molecule has 1 aromatic heterocycles. The molecule has 0 aliphatic carbocycles. The standard InChI is InChI=1S/C20H25FN4O3S/c1-3-23(4-2)19-9-8-16(15-22-19)20(26)24-10-12-25(13-11-24)29(27,28)18-7-5-6-17(21)14-18/h5-9,14-15H,3-4,10-13H2,1-2H3. The van der Waals surface area contributed by atoms with Gasteiger partial charge in [-0.05, 0) is 44.2 Å². The molecule has 1 aliphatic heterocycles. The summed E-state index contributed by atoms with van der Waals surface area (Å²) in [6.07, 6.45) is 1.56. The minimum absolute atomic E-state index is 0.0755. The number of hydrogen-bond acceptors (Lipinski definition) is 5. The average Bonchev–Trinajstić information content (AvgIpc) is 2.75. The lowest BCUT2D eigenvalue weighted by Crippen LogP contribution is -2.50. The Morgan fingerprint density at radius 2 is 1.79 bits per heavy atom. The number of carbonyl (C=O) groups excluding carboxylic acids is 1. The van der Waals surface area contributed by atoms with Crippen LogP contribution in [0.2, 0.25) is 0 Å². The third kappa shape index (κ3) is 4.56. The van der Waals surface area contributed by atoms with Crippen molar-refractivity contribution >= 4 is 21.7 Å². The molecule has 0 atom stereocenters. The number of amides is 1. The first-order valence-electron chi connectivity index (χ1n) is 9.62. The van der Waals surface area contributed by atoms with E-state index in [0.29, 0.717) is 5.56 Å². The first-order chi connectivity index (χ1) is 13.9. The second-order valence-electron chi connectivity index (χ2n) is 6.73. The van der Waals surface area contributed by atoms with Crippen molar-refractivity contribution in [2.45, 2.75) is 18.7 Å². The zero-order valence-electron chi connectivity index (χ0n) is 16.6. The van der Waals surface area contributed by atoms with Gasteiger partial charge in [0.25, 0.3) is 5.91 Å². The van der Waals surface area contributed by atoms with Gasteiger partial charge in [0.05, 0.1) is 10.5 Å². The molecular formula is C20H25FN4O3S. The zero-order chi connectivity index (χ0) is 21.0. The molecule has 1 amide bonds. The summed E-state index contributed by atoms with van der Waals surface area (Å²) < 4.78 is 40.1. The van der Waals surface area contributed by atoms with E-state index in [-0.39, 0.29) is 37.0 Å². The number of rotatable bonds is 6.